The van der Waals surface area contributed by atoms with E-state index in [0.29, 0.717) is 11.4 Å². The van der Waals surface area contributed by atoms with E-state index in [9.17, 15) is 0 Å². The van der Waals surface area contributed by atoms with Crippen molar-refractivity contribution in [2.75, 3.05) is 22.5 Å². The molecule has 1 aromatic carbocycles. The molecule has 0 spiro atoms. The Morgan fingerprint density at radius 3 is 2.40 bits per heavy atom. The summed E-state index contributed by atoms with van der Waals surface area (Å²) in [6.07, 6.45) is 0. The molecule has 0 amide bonds. The second-order valence-corrected chi connectivity index (χ2v) is 11.7. The summed E-state index contributed by atoms with van der Waals surface area (Å²) in [6, 6.07) is 0. The third kappa shape index (κ3) is 1.76. The summed E-state index contributed by atoms with van der Waals surface area (Å²) in [4.78, 5) is 0. The van der Waals surface area contributed by atoms with Crippen LogP contribution in [0.5, 0.6) is 0 Å². The summed E-state index contributed by atoms with van der Waals surface area (Å²) in [6.45, 7) is 1.91. The monoisotopic (exact) mass is 432 g/mol. The van der Waals surface area contributed by atoms with Gasteiger partial charge in [0.05, 0.1) is 0 Å². The molecule has 15 heavy (non-hydrogen) atoms. The maximum absolute atomic E-state index is 6.04. The van der Waals surface area contributed by atoms with Crippen LogP contribution in [0.1, 0.15) is 5.56 Å². The number of rotatable bonds is 0. The molecule has 0 atom stereocenters. The van der Waals surface area contributed by atoms with Crippen molar-refractivity contribution in [2.45, 2.75) is 6.92 Å². The summed E-state index contributed by atoms with van der Waals surface area (Å²) >= 11 is -0.161. The Hall–Kier alpha value is -0.290. The number of fused-ring (bicyclic) bond motifs is 1. The van der Waals surface area contributed by atoms with E-state index in [0.717, 1.165) is 20.7 Å². The van der Waals surface area contributed by atoms with Crippen molar-refractivity contribution in [3.8, 4) is 0 Å². The molecule has 2 rings (SSSR count). The molecule has 84 valence electrons. The van der Waals surface area contributed by atoms with Crippen LogP contribution in [-0.2, 0) is 0 Å². The van der Waals surface area contributed by atoms with Crippen molar-refractivity contribution in [1.82, 2.24) is 0 Å². The average molecular weight is 432 g/mol. The molecule has 1 aliphatic heterocycles. The first-order chi connectivity index (χ1) is 7.02. The van der Waals surface area contributed by atoms with E-state index in [-0.39, 0.29) is 34.0 Å². The fourth-order valence-corrected chi connectivity index (χ4v) is 9.72. The molecule has 0 unspecified atom stereocenters. The van der Waals surface area contributed by atoms with E-state index in [1.165, 1.54) is 3.57 Å². The van der Waals surface area contributed by atoms with Gasteiger partial charge in [0.1, 0.15) is 0 Å². The van der Waals surface area contributed by atoms with Gasteiger partial charge in [-0.1, -0.05) is 0 Å². The summed E-state index contributed by atoms with van der Waals surface area (Å²) in [5.41, 5.74) is 27.4. The normalized spacial score (nSPS) is 15.2. The van der Waals surface area contributed by atoms with Gasteiger partial charge in [-0.15, -0.1) is 0 Å². The Bertz CT molecular complexity index is 469. The number of nitrogens with one attached hydrogen (secondary N) is 1. The molecule has 1 aromatic rings. The van der Waals surface area contributed by atoms with Crippen LogP contribution < -0.4 is 45.5 Å². The zero-order valence-corrected chi connectivity index (χ0v) is 12.4. The number of hydrogen-bond donors (Lipinski definition) is 5. The van der Waals surface area contributed by atoms with Gasteiger partial charge in [0.15, 0.2) is 0 Å². The standard InChI is InChI=1S/C8H12I2N5/c1-2-4(11)3-7(6(13)5(2)12)15-8(14)10-9-3/h15H,11-14H2,1H3/q-1. The van der Waals surface area contributed by atoms with Crippen LogP contribution in [0.15, 0.2) is 0 Å². The molecular weight excluding hydrogens is 420 g/mol. The Morgan fingerprint density at radius 2 is 1.73 bits per heavy atom. The van der Waals surface area contributed by atoms with Crippen LogP contribution in [0.4, 0.5) is 22.7 Å². The van der Waals surface area contributed by atoms with Crippen molar-refractivity contribution < 1.29 is 17.2 Å². The van der Waals surface area contributed by atoms with Gasteiger partial charge in [-0.05, 0) is 0 Å². The molecule has 0 aromatic heterocycles. The number of nitrogens with two attached hydrogens (primary N) is 4. The molecule has 0 aliphatic carbocycles. The zero-order valence-electron chi connectivity index (χ0n) is 8.07. The van der Waals surface area contributed by atoms with E-state index >= 15 is 0 Å². The number of anilines is 4. The topological polar surface area (TPSA) is 116 Å². The Kier molecular flexibility index (Phi) is 2.94. The second-order valence-electron chi connectivity index (χ2n) is 3.17. The zero-order chi connectivity index (χ0) is 11.2. The molecule has 5 nitrogen and oxygen atoms in total. The van der Waals surface area contributed by atoms with Crippen LogP contribution in [-0.4, -0.2) is 3.76 Å². The predicted octanol–water partition coefficient (Wildman–Crippen LogP) is -2.64. The number of nitrogen functional groups attached to an aromatic ring is 3. The second kappa shape index (κ2) is 3.94. The van der Waals surface area contributed by atoms with E-state index in [1.807, 2.05) is 6.92 Å². The first-order valence-electron chi connectivity index (χ1n) is 4.18. The Morgan fingerprint density at radius 1 is 1.07 bits per heavy atom. The summed E-state index contributed by atoms with van der Waals surface area (Å²) in [5, 5.41) is 3.12. The summed E-state index contributed by atoms with van der Waals surface area (Å²) in [5.74, 6) is 0. The number of halogens is 2. The third-order valence-electron chi connectivity index (χ3n) is 2.25. The Labute approximate surface area is 104 Å². The van der Waals surface area contributed by atoms with Gasteiger partial charge >= 0.3 is 105 Å². The first-order valence-corrected chi connectivity index (χ1v) is 12.6. The number of hydrogen-bond acceptors (Lipinski definition) is 5. The molecule has 0 bridgehead atoms. The van der Waals surface area contributed by atoms with Crippen molar-refractivity contribution in [2.24, 2.45) is 5.73 Å². The number of benzene rings is 1. The van der Waals surface area contributed by atoms with Crippen LogP contribution in [0, 0.1) is 10.5 Å². The molecule has 0 saturated carbocycles. The minimum absolute atomic E-state index is 0.0723. The molecule has 0 radical (unpaired) electrons. The van der Waals surface area contributed by atoms with Crippen molar-refractivity contribution in [1.29, 1.82) is 0 Å². The quantitative estimate of drug-likeness (QED) is 0.227. The fraction of sp³-hybridized carbons (Fsp3) is 0.125. The summed E-state index contributed by atoms with van der Waals surface area (Å²) < 4.78 is 2.04. The Balaban J connectivity index is 2.70. The van der Waals surface area contributed by atoms with Crippen molar-refractivity contribution >= 4 is 43.3 Å². The molecule has 1 heterocycles. The van der Waals surface area contributed by atoms with Crippen LogP contribution in [0.3, 0.4) is 0 Å². The van der Waals surface area contributed by atoms with Gasteiger partial charge in [0.25, 0.3) is 0 Å². The van der Waals surface area contributed by atoms with E-state index in [1.54, 1.807) is 0 Å². The molecule has 7 heteroatoms. The molecular formula is C8H12I2N5-. The maximum atomic E-state index is 6.04. The van der Waals surface area contributed by atoms with E-state index in [2.05, 4.69) is 5.32 Å². The van der Waals surface area contributed by atoms with Crippen LogP contribution in [0.2, 0.25) is 0 Å². The SMILES string of the molecule is Cc1c(N)c(N)c2c(c1N)[I-]I=C(N)N2. The summed E-state index contributed by atoms with van der Waals surface area (Å²) in [7, 11) is 0. The average Bonchev–Trinajstić information content (AvgIpc) is 2.23. The van der Waals surface area contributed by atoms with Gasteiger partial charge in [0.2, 0.25) is 0 Å². The van der Waals surface area contributed by atoms with Crippen LogP contribution in [0.25, 0.3) is 0 Å². The van der Waals surface area contributed by atoms with Gasteiger partial charge in [-0.3, -0.25) is 0 Å². The van der Waals surface area contributed by atoms with Gasteiger partial charge < -0.3 is 0 Å². The van der Waals surface area contributed by atoms with Gasteiger partial charge in [0, 0.05) is 0 Å². The van der Waals surface area contributed by atoms with Gasteiger partial charge in [-0.2, -0.15) is 0 Å². The molecule has 1 aliphatic rings. The van der Waals surface area contributed by atoms with Crippen molar-refractivity contribution in [3.05, 3.63) is 9.13 Å². The molecule has 9 N–H and O–H groups in total. The van der Waals surface area contributed by atoms with Gasteiger partial charge in [-0.25, -0.2) is 0 Å². The molecule has 0 saturated heterocycles. The molecule has 0 fully saturated rings. The third-order valence-corrected chi connectivity index (χ3v) is 11.7. The van der Waals surface area contributed by atoms with E-state index in [4.69, 9.17) is 22.9 Å². The first kappa shape index (κ1) is 11.2. The van der Waals surface area contributed by atoms with E-state index < -0.39 is 0 Å². The minimum atomic E-state index is -0.0884. The van der Waals surface area contributed by atoms with Crippen LogP contribution >= 0.6 is 16.8 Å². The fourth-order valence-electron chi connectivity index (χ4n) is 1.31. The van der Waals surface area contributed by atoms with Crippen molar-refractivity contribution in [3.63, 3.8) is 0 Å². The predicted molar refractivity (Wildman–Crippen MR) is 70.0 cm³/mol.